The molecular formula is C24H15F5N5O+. The van der Waals surface area contributed by atoms with E-state index in [1.54, 1.807) is 29.2 Å². The molecule has 3 aromatic heterocycles. The standard InChI is InChI=1S/C24H14F5N5O/c25-19-3-1-2-18(22(19)26)23-32-20-11-31-34(13-21(20)33-23)12-16-7-4-15(10-30-16)14-5-8-17(9-6-14)35-24(27,28)29/h1-11,13H,12H2/p+1. The fraction of sp³-hybridized carbons (Fsp3) is 0.0833. The molecule has 6 nitrogen and oxygen atoms in total. The summed E-state index contributed by atoms with van der Waals surface area (Å²) in [5.41, 5.74) is 3.16. The van der Waals surface area contributed by atoms with E-state index in [1.807, 2.05) is 0 Å². The molecule has 3 heterocycles. The minimum atomic E-state index is -4.74. The minimum Gasteiger partial charge on any atom is -0.406 e. The lowest BCUT2D eigenvalue weighted by Gasteiger charge is -2.09. The number of hydrogen-bond acceptors (Lipinski definition) is 4. The molecule has 0 aliphatic rings. The molecule has 0 spiro atoms. The van der Waals surface area contributed by atoms with E-state index in [2.05, 4.69) is 24.8 Å². The molecule has 0 aliphatic carbocycles. The Morgan fingerprint density at radius 2 is 1.69 bits per heavy atom. The van der Waals surface area contributed by atoms with Gasteiger partial charge in [0, 0.05) is 11.8 Å². The number of nitrogens with one attached hydrogen (secondary N) is 1. The highest BCUT2D eigenvalue weighted by atomic mass is 19.4. The molecule has 0 saturated heterocycles. The van der Waals surface area contributed by atoms with Crippen LogP contribution in [0.4, 0.5) is 22.0 Å². The van der Waals surface area contributed by atoms with Crippen molar-refractivity contribution in [3.8, 4) is 28.3 Å². The third-order valence-electron chi connectivity index (χ3n) is 5.14. The fourth-order valence-electron chi connectivity index (χ4n) is 3.51. The molecular weight excluding hydrogens is 469 g/mol. The first-order chi connectivity index (χ1) is 16.7. The molecule has 0 aliphatic heterocycles. The van der Waals surface area contributed by atoms with Gasteiger partial charge in [-0.05, 0) is 41.0 Å². The molecule has 0 fully saturated rings. The van der Waals surface area contributed by atoms with E-state index in [0.29, 0.717) is 28.8 Å². The number of ether oxygens (including phenoxy) is 1. The second-order valence-electron chi connectivity index (χ2n) is 7.57. The third kappa shape index (κ3) is 4.93. The van der Waals surface area contributed by atoms with Crippen molar-refractivity contribution in [3.05, 3.63) is 90.5 Å². The van der Waals surface area contributed by atoms with Crippen LogP contribution >= 0.6 is 0 Å². The second-order valence-corrected chi connectivity index (χ2v) is 7.57. The van der Waals surface area contributed by atoms with Gasteiger partial charge in [-0.25, -0.2) is 13.8 Å². The van der Waals surface area contributed by atoms with E-state index in [1.165, 1.54) is 42.6 Å². The fourth-order valence-corrected chi connectivity index (χ4v) is 3.51. The number of H-pyrrole nitrogens is 1. The van der Waals surface area contributed by atoms with Gasteiger partial charge in [-0.15, -0.1) is 13.2 Å². The van der Waals surface area contributed by atoms with Gasteiger partial charge in [0.25, 0.3) is 0 Å². The number of imidazole rings is 1. The minimum absolute atomic E-state index is 0.0167. The lowest BCUT2D eigenvalue weighted by molar-refractivity contribution is -0.745. The molecule has 0 unspecified atom stereocenters. The lowest BCUT2D eigenvalue weighted by Crippen LogP contribution is -2.38. The number of pyridine rings is 1. The Hall–Kier alpha value is -4.41. The van der Waals surface area contributed by atoms with Crippen LogP contribution < -0.4 is 9.42 Å². The second kappa shape index (κ2) is 8.75. The van der Waals surface area contributed by atoms with E-state index >= 15 is 0 Å². The normalized spacial score (nSPS) is 11.7. The van der Waals surface area contributed by atoms with E-state index < -0.39 is 18.0 Å². The molecule has 5 rings (SSSR count). The molecule has 35 heavy (non-hydrogen) atoms. The van der Waals surface area contributed by atoms with Crippen molar-refractivity contribution in [1.29, 1.82) is 0 Å². The summed E-state index contributed by atoms with van der Waals surface area (Å²) in [5.74, 6) is -2.06. The summed E-state index contributed by atoms with van der Waals surface area (Å²) in [4.78, 5) is 11.7. The Morgan fingerprint density at radius 1 is 0.914 bits per heavy atom. The van der Waals surface area contributed by atoms with Crippen LogP contribution in [0.1, 0.15) is 5.69 Å². The smallest absolute Gasteiger partial charge is 0.406 e. The Labute approximate surface area is 194 Å². The zero-order valence-electron chi connectivity index (χ0n) is 17.7. The topological polar surface area (TPSA) is 67.6 Å². The lowest BCUT2D eigenvalue weighted by atomic mass is 10.1. The van der Waals surface area contributed by atoms with Gasteiger partial charge in [0.2, 0.25) is 12.7 Å². The molecule has 0 bridgehead atoms. The van der Waals surface area contributed by atoms with Gasteiger partial charge in [0.15, 0.2) is 11.6 Å². The number of benzene rings is 2. The number of aromatic amines is 1. The highest BCUT2D eigenvalue weighted by Crippen LogP contribution is 2.26. The van der Waals surface area contributed by atoms with Crippen LogP contribution in [0, 0.1) is 11.6 Å². The summed E-state index contributed by atoms with van der Waals surface area (Å²) in [5, 5.41) is 4.29. The molecule has 176 valence electrons. The molecule has 0 amide bonds. The maximum atomic E-state index is 14.1. The van der Waals surface area contributed by atoms with Crippen molar-refractivity contribution in [1.82, 2.24) is 20.1 Å². The predicted octanol–water partition coefficient (Wildman–Crippen LogP) is 5.20. The number of fused-ring (bicyclic) bond motifs is 1. The van der Waals surface area contributed by atoms with E-state index in [0.717, 1.165) is 11.6 Å². The first-order valence-electron chi connectivity index (χ1n) is 10.3. The number of halogens is 5. The summed E-state index contributed by atoms with van der Waals surface area (Å²) < 4.78 is 70.1. The summed E-state index contributed by atoms with van der Waals surface area (Å²) in [6, 6.07) is 12.9. The average molecular weight is 484 g/mol. The zero-order valence-corrected chi connectivity index (χ0v) is 17.7. The Balaban J connectivity index is 1.32. The highest BCUT2D eigenvalue weighted by Gasteiger charge is 2.31. The van der Waals surface area contributed by atoms with Crippen molar-refractivity contribution in [2.75, 3.05) is 0 Å². The zero-order chi connectivity index (χ0) is 24.6. The molecule has 2 aromatic carbocycles. The highest BCUT2D eigenvalue weighted by molar-refractivity contribution is 5.77. The molecule has 0 saturated carbocycles. The maximum absolute atomic E-state index is 14.1. The van der Waals surface area contributed by atoms with Gasteiger partial charge in [-0.3, -0.25) is 4.98 Å². The SMILES string of the molecule is Fc1cccc(-c2nc3cn[n+](Cc4ccc(-c5ccc(OC(F)(F)F)cc5)cn4)cc3[nH]2)c1F. The van der Waals surface area contributed by atoms with E-state index in [9.17, 15) is 22.0 Å². The first-order valence-corrected chi connectivity index (χ1v) is 10.3. The number of nitrogens with zero attached hydrogens (tertiary/aromatic N) is 4. The van der Waals surface area contributed by atoms with E-state index in [-0.39, 0.29) is 17.1 Å². The van der Waals surface area contributed by atoms with Crippen molar-refractivity contribution in [3.63, 3.8) is 0 Å². The maximum Gasteiger partial charge on any atom is 0.573 e. The van der Waals surface area contributed by atoms with Gasteiger partial charge < -0.3 is 9.72 Å². The average Bonchev–Trinajstić information content (AvgIpc) is 3.24. The van der Waals surface area contributed by atoms with Crippen molar-refractivity contribution in [2.45, 2.75) is 12.9 Å². The third-order valence-corrected chi connectivity index (χ3v) is 5.14. The number of alkyl halides is 3. The Bertz CT molecular complexity index is 1500. The summed E-state index contributed by atoms with van der Waals surface area (Å²) in [6.45, 7) is 0.317. The van der Waals surface area contributed by atoms with Crippen LogP contribution in [0.5, 0.6) is 5.75 Å². The number of hydrogen-bond donors (Lipinski definition) is 1. The number of aromatic nitrogens is 5. The van der Waals surface area contributed by atoms with Crippen LogP contribution in [0.3, 0.4) is 0 Å². The summed E-state index contributed by atoms with van der Waals surface area (Å²) >= 11 is 0. The Morgan fingerprint density at radius 3 is 2.40 bits per heavy atom. The Kier molecular flexibility index (Phi) is 5.59. The van der Waals surface area contributed by atoms with Crippen molar-refractivity contribution < 1.29 is 31.4 Å². The van der Waals surface area contributed by atoms with Gasteiger partial charge in [-0.1, -0.05) is 28.9 Å². The molecule has 0 radical (unpaired) electrons. The van der Waals surface area contributed by atoms with Crippen LogP contribution in [-0.2, 0) is 6.54 Å². The first kappa shape index (κ1) is 22.4. The van der Waals surface area contributed by atoms with Crippen LogP contribution in [0.2, 0.25) is 0 Å². The predicted molar refractivity (Wildman–Crippen MR) is 115 cm³/mol. The van der Waals surface area contributed by atoms with Gasteiger partial charge >= 0.3 is 6.36 Å². The molecule has 5 aromatic rings. The van der Waals surface area contributed by atoms with Gasteiger partial charge in [0.1, 0.15) is 34.5 Å². The van der Waals surface area contributed by atoms with Crippen molar-refractivity contribution >= 4 is 11.0 Å². The molecule has 0 atom stereocenters. The van der Waals surface area contributed by atoms with Crippen molar-refractivity contribution in [2.24, 2.45) is 0 Å². The van der Waals surface area contributed by atoms with Crippen LogP contribution in [-0.4, -0.2) is 26.4 Å². The van der Waals surface area contributed by atoms with Gasteiger partial charge in [0.05, 0.1) is 5.56 Å². The molecule has 11 heteroatoms. The monoisotopic (exact) mass is 484 g/mol. The number of rotatable bonds is 5. The van der Waals surface area contributed by atoms with Crippen LogP contribution in [0.15, 0.2) is 73.2 Å². The van der Waals surface area contributed by atoms with Gasteiger partial charge in [-0.2, -0.15) is 0 Å². The summed E-state index contributed by atoms with van der Waals surface area (Å²) in [7, 11) is 0. The summed E-state index contributed by atoms with van der Waals surface area (Å²) in [6.07, 6.45) is 0.0470. The molecule has 1 N–H and O–H groups in total. The quantitative estimate of drug-likeness (QED) is 0.275. The van der Waals surface area contributed by atoms with Crippen LogP contribution in [0.25, 0.3) is 33.5 Å². The van der Waals surface area contributed by atoms with E-state index in [4.69, 9.17) is 0 Å². The largest absolute Gasteiger partial charge is 0.573 e.